The van der Waals surface area contributed by atoms with Gasteiger partial charge >= 0.3 is 0 Å². The van der Waals surface area contributed by atoms with Crippen LogP contribution in [0.3, 0.4) is 0 Å². The van der Waals surface area contributed by atoms with Gasteiger partial charge in [0, 0.05) is 18.1 Å². The van der Waals surface area contributed by atoms with Crippen LogP contribution in [0, 0.1) is 20.8 Å². The molecular formula is C11H14N4O2S. The number of hydrogen-bond acceptors (Lipinski definition) is 4. The molecule has 0 unspecified atom stereocenters. The van der Waals surface area contributed by atoms with E-state index in [1.54, 1.807) is 10.7 Å². The molecule has 0 atom stereocenters. The van der Waals surface area contributed by atoms with E-state index < -0.39 is 10.0 Å². The predicted octanol–water partition coefficient (Wildman–Crippen LogP) is 0.840. The number of pyridine rings is 1. The monoisotopic (exact) mass is 266 g/mol. The summed E-state index contributed by atoms with van der Waals surface area (Å²) >= 11 is 0. The minimum Gasteiger partial charge on any atom is -0.263 e. The highest BCUT2D eigenvalue weighted by Crippen LogP contribution is 2.21. The third-order valence-electron chi connectivity index (χ3n) is 2.95. The second kappa shape index (κ2) is 4.18. The number of nitrogens with two attached hydrogens (primary N) is 1. The van der Waals surface area contributed by atoms with Crippen molar-refractivity contribution in [2.45, 2.75) is 25.7 Å². The molecule has 0 fully saturated rings. The van der Waals surface area contributed by atoms with Crippen molar-refractivity contribution in [3.05, 3.63) is 35.4 Å². The van der Waals surface area contributed by atoms with E-state index in [0.29, 0.717) is 5.69 Å². The van der Waals surface area contributed by atoms with E-state index in [9.17, 15) is 8.42 Å². The van der Waals surface area contributed by atoms with Gasteiger partial charge in [0.15, 0.2) is 0 Å². The number of sulfonamides is 1. The summed E-state index contributed by atoms with van der Waals surface area (Å²) in [5.41, 5.74) is 3.17. The Morgan fingerprint density at radius 1 is 1.28 bits per heavy atom. The van der Waals surface area contributed by atoms with Crippen molar-refractivity contribution < 1.29 is 8.42 Å². The third kappa shape index (κ3) is 2.02. The van der Waals surface area contributed by atoms with Crippen LogP contribution in [0.2, 0.25) is 0 Å². The molecule has 0 aliphatic carbocycles. The van der Waals surface area contributed by atoms with E-state index in [2.05, 4.69) is 10.1 Å². The van der Waals surface area contributed by atoms with Crippen LogP contribution in [0.15, 0.2) is 23.4 Å². The molecule has 2 aromatic heterocycles. The largest absolute Gasteiger partial charge is 0.263 e. The quantitative estimate of drug-likeness (QED) is 0.872. The molecule has 6 nitrogen and oxygen atoms in total. The molecule has 18 heavy (non-hydrogen) atoms. The van der Waals surface area contributed by atoms with Crippen LogP contribution in [0.1, 0.15) is 17.0 Å². The summed E-state index contributed by atoms with van der Waals surface area (Å²) in [5, 5.41) is 9.50. The maximum Gasteiger partial charge on any atom is 0.241 e. The van der Waals surface area contributed by atoms with Gasteiger partial charge in [-0.1, -0.05) is 0 Å². The van der Waals surface area contributed by atoms with E-state index in [-0.39, 0.29) is 4.90 Å². The third-order valence-corrected chi connectivity index (χ3v) is 3.88. The zero-order valence-electron chi connectivity index (χ0n) is 10.4. The van der Waals surface area contributed by atoms with Gasteiger partial charge in [-0.25, -0.2) is 18.2 Å². The first-order chi connectivity index (χ1) is 8.32. The second-order valence-electron chi connectivity index (χ2n) is 4.10. The van der Waals surface area contributed by atoms with Crippen LogP contribution in [0.5, 0.6) is 0 Å². The van der Waals surface area contributed by atoms with Crippen molar-refractivity contribution in [3.63, 3.8) is 0 Å². The van der Waals surface area contributed by atoms with Crippen molar-refractivity contribution in [3.8, 4) is 5.69 Å². The van der Waals surface area contributed by atoms with E-state index in [0.717, 1.165) is 17.0 Å². The highest BCUT2D eigenvalue weighted by Gasteiger charge is 2.18. The minimum atomic E-state index is -3.83. The second-order valence-corrected chi connectivity index (χ2v) is 5.63. The van der Waals surface area contributed by atoms with Crippen molar-refractivity contribution in [1.29, 1.82) is 0 Å². The van der Waals surface area contributed by atoms with Gasteiger partial charge < -0.3 is 0 Å². The van der Waals surface area contributed by atoms with Gasteiger partial charge in [0.1, 0.15) is 4.90 Å². The lowest BCUT2D eigenvalue weighted by Crippen LogP contribution is -2.16. The van der Waals surface area contributed by atoms with Crippen molar-refractivity contribution in [2.24, 2.45) is 5.14 Å². The lowest BCUT2D eigenvalue weighted by molar-refractivity contribution is 0.596. The Bertz CT molecular complexity index is 704. The molecule has 0 spiro atoms. The average molecular weight is 266 g/mol. The Morgan fingerprint density at radius 3 is 2.44 bits per heavy atom. The first kappa shape index (κ1) is 12.7. The highest BCUT2D eigenvalue weighted by atomic mass is 32.2. The number of primary sulfonamides is 1. The lowest BCUT2D eigenvalue weighted by atomic mass is 10.2. The van der Waals surface area contributed by atoms with Gasteiger partial charge in [-0.2, -0.15) is 5.10 Å². The number of hydrogen-bond donors (Lipinski definition) is 1. The molecule has 2 N–H and O–H groups in total. The van der Waals surface area contributed by atoms with E-state index >= 15 is 0 Å². The molecule has 0 aliphatic rings. The van der Waals surface area contributed by atoms with Gasteiger partial charge in [-0.15, -0.1) is 0 Å². The SMILES string of the molecule is Cc1nn(-c2ccncc2S(N)(=O)=O)c(C)c1C. The molecule has 7 heteroatoms. The smallest absolute Gasteiger partial charge is 0.241 e. The zero-order chi connectivity index (χ0) is 13.5. The van der Waals surface area contributed by atoms with Crippen LogP contribution in [-0.4, -0.2) is 23.2 Å². The lowest BCUT2D eigenvalue weighted by Gasteiger charge is -2.08. The normalized spacial score (nSPS) is 11.8. The first-order valence-corrected chi connectivity index (χ1v) is 6.87. The summed E-state index contributed by atoms with van der Waals surface area (Å²) in [6.45, 7) is 5.69. The van der Waals surface area contributed by atoms with Gasteiger partial charge in [-0.05, 0) is 32.4 Å². The van der Waals surface area contributed by atoms with Crippen molar-refractivity contribution in [2.75, 3.05) is 0 Å². The highest BCUT2D eigenvalue weighted by molar-refractivity contribution is 7.89. The first-order valence-electron chi connectivity index (χ1n) is 5.32. The minimum absolute atomic E-state index is 0.0319. The van der Waals surface area contributed by atoms with Gasteiger partial charge in [-0.3, -0.25) is 4.98 Å². The summed E-state index contributed by atoms with van der Waals surface area (Å²) in [6, 6.07) is 1.58. The summed E-state index contributed by atoms with van der Waals surface area (Å²) in [4.78, 5) is 3.76. The number of nitrogens with zero attached hydrogens (tertiary/aromatic N) is 3. The van der Waals surface area contributed by atoms with E-state index in [1.165, 1.54) is 12.4 Å². The molecule has 0 amide bonds. The fourth-order valence-corrected chi connectivity index (χ4v) is 2.38. The molecule has 2 heterocycles. The average Bonchev–Trinajstić information content (AvgIpc) is 2.56. The van der Waals surface area contributed by atoms with Crippen LogP contribution in [0.4, 0.5) is 0 Å². The Labute approximate surface area is 106 Å². The summed E-state index contributed by atoms with van der Waals surface area (Å²) in [7, 11) is -3.83. The molecule has 0 saturated carbocycles. The molecule has 0 aliphatic heterocycles. The van der Waals surface area contributed by atoms with Crippen molar-refractivity contribution in [1.82, 2.24) is 14.8 Å². The van der Waals surface area contributed by atoms with Crippen LogP contribution < -0.4 is 5.14 Å². The maximum absolute atomic E-state index is 11.5. The number of aryl methyl sites for hydroxylation is 1. The zero-order valence-corrected chi connectivity index (χ0v) is 11.2. The molecule has 0 bridgehead atoms. The van der Waals surface area contributed by atoms with E-state index in [4.69, 9.17) is 5.14 Å². The Morgan fingerprint density at radius 2 is 1.94 bits per heavy atom. The molecule has 2 aromatic rings. The molecule has 0 saturated heterocycles. The molecule has 0 radical (unpaired) electrons. The summed E-state index contributed by atoms with van der Waals surface area (Å²) in [5.74, 6) is 0. The maximum atomic E-state index is 11.5. The van der Waals surface area contributed by atoms with Crippen molar-refractivity contribution >= 4 is 10.0 Å². The Hall–Kier alpha value is -1.73. The Balaban J connectivity index is 2.76. The van der Waals surface area contributed by atoms with Gasteiger partial charge in [0.25, 0.3) is 0 Å². The molecule has 0 aromatic carbocycles. The van der Waals surface area contributed by atoms with Crippen LogP contribution in [-0.2, 0) is 10.0 Å². The predicted molar refractivity (Wildman–Crippen MR) is 66.9 cm³/mol. The summed E-state index contributed by atoms with van der Waals surface area (Å²) in [6.07, 6.45) is 2.74. The fourth-order valence-electron chi connectivity index (χ4n) is 1.72. The van der Waals surface area contributed by atoms with Gasteiger partial charge in [0.05, 0.1) is 11.4 Å². The number of rotatable bonds is 2. The standard InChI is InChI=1S/C11H14N4O2S/c1-7-8(2)14-15(9(7)3)10-4-5-13-6-11(10)18(12,16)17/h4-6H,1-3H3,(H2,12,16,17). The van der Waals surface area contributed by atoms with Crippen LogP contribution >= 0.6 is 0 Å². The summed E-state index contributed by atoms with van der Waals surface area (Å²) < 4.78 is 24.6. The van der Waals surface area contributed by atoms with E-state index in [1.807, 2.05) is 20.8 Å². The Kier molecular flexibility index (Phi) is 2.95. The molecular weight excluding hydrogens is 252 g/mol. The van der Waals surface area contributed by atoms with Crippen LogP contribution in [0.25, 0.3) is 5.69 Å². The number of aromatic nitrogens is 3. The van der Waals surface area contributed by atoms with Gasteiger partial charge in [0.2, 0.25) is 10.0 Å². The molecule has 96 valence electrons. The molecule has 2 rings (SSSR count). The fraction of sp³-hybridized carbons (Fsp3) is 0.273. The topological polar surface area (TPSA) is 90.9 Å².